The van der Waals surface area contributed by atoms with Crippen molar-refractivity contribution in [3.8, 4) is 11.8 Å². The zero-order valence-electron chi connectivity index (χ0n) is 6.60. The van der Waals surface area contributed by atoms with Crippen molar-refractivity contribution in [1.82, 2.24) is 0 Å². The highest BCUT2D eigenvalue weighted by Gasteiger charge is 2.12. The summed E-state index contributed by atoms with van der Waals surface area (Å²) in [6.07, 6.45) is 0. The molecule has 1 rings (SSSR count). The molecule has 0 saturated carbocycles. The van der Waals surface area contributed by atoms with Crippen molar-refractivity contribution in [2.24, 2.45) is 0 Å². The van der Waals surface area contributed by atoms with Crippen LogP contribution < -0.4 is 4.74 Å². The molecule has 0 unspecified atom stereocenters. The van der Waals surface area contributed by atoms with Crippen molar-refractivity contribution in [2.45, 2.75) is 6.61 Å². The number of nitrogens with zero attached hydrogens (tertiary/aromatic N) is 1. The fourth-order valence-corrected chi connectivity index (χ4v) is 1.01. The maximum atomic E-state index is 12.9. The molecule has 14 heavy (non-hydrogen) atoms. The van der Waals surface area contributed by atoms with Gasteiger partial charge in [0.05, 0.1) is 10.6 Å². The summed E-state index contributed by atoms with van der Waals surface area (Å²) in [5.41, 5.74) is -0.323. The Balaban J connectivity index is 3.10. The number of rotatable bonds is 2. The summed E-state index contributed by atoms with van der Waals surface area (Å²) >= 11 is 5.45. The van der Waals surface area contributed by atoms with Crippen LogP contribution in [0.25, 0.3) is 0 Å². The molecule has 1 aromatic rings. The smallest absolute Gasteiger partial charge is 0.387 e. The van der Waals surface area contributed by atoms with Gasteiger partial charge in [0.15, 0.2) is 0 Å². The van der Waals surface area contributed by atoms with Gasteiger partial charge in [-0.2, -0.15) is 14.0 Å². The Bertz CT molecular complexity index is 389. The highest BCUT2D eigenvalue weighted by Crippen LogP contribution is 2.28. The van der Waals surface area contributed by atoms with Gasteiger partial charge in [0, 0.05) is 6.07 Å². The van der Waals surface area contributed by atoms with Crippen LogP contribution in [0.5, 0.6) is 5.75 Å². The molecule has 0 fully saturated rings. The van der Waals surface area contributed by atoms with Gasteiger partial charge in [-0.3, -0.25) is 0 Å². The summed E-state index contributed by atoms with van der Waals surface area (Å²) in [5, 5.41) is 8.14. The van der Waals surface area contributed by atoms with Gasteiger partial charge in [0.25, 0.3) is 0 Å². The summed E-state index contributed by atoms with van der Waals surface area (Å²) in [5.74, 6) is -1.44. The van der Waals surface area contributed by atoms with Crippen molar-refractivity contribution in [2.75, 3.05) is 0 Å². The molecule has 0 aliphatic carbocycles. The Labute approximate surface area is 82.5 Å². The highest BCUT2D eigenvalue weighted by molar-refractivity contribution is 6.32. The van der Waals surface area contributed by atoms with Crippen LogP contribution in [-0.2, 0) is 0 Å². The average molecular weight is 222 g/mol. The fraction of sp³-hybridized carbons (Fsp3) is 0.125. The van der Waals surface area contributed by atoms with E-state index in [-0.39, 0.29) is 10.6 Å². The van der Waals surface area contributed by atoms with Gasteiger partial charge in [0.2, 0.25) is 0 Å². The van der Waals surface area contributed by atoms with Gasteiger partial charge in [-0.05, 0) is 6.07 Å². The van der Waals surface area contributed by atoms with Crippen molar-refractivity contribution in [3.05, 3.63) is 28.5 Å². The van der Waals surface area contributed by atoms with E-state index in [0.717, 1.165) is 6.07 Å². The third kappa shape index (κ3) is 2.30. The Kier molecular flexibility index (Phi) is 3.20. The summed E-state index contributed by atoms with van der Waals surface area (Å²) in [6.45, 7) is -3.08. The monoisotopic (exact) mass is 221 g/mol. The molecule has 0 spiro atoms. The van der Waals surface area contributed by atoms with E-state index < -0.39 is 18.2 Å². The van der Waals surface area contributed by atoms with E-state index in [1.807, 2.05) is 0 Å². The molecule has 0 amide bonds. The number of hydrogen-bond acceptors (Lipinski definition) is 2. The van der Waals surface area contributed by atoms with Crippen LogP contribution in [0.2, 0.25) is 5.02 Å². The number of benzene rings is 1. The van der Waals surface area contributed by atoms with E-state index in [9.17, 15) is 13.2 Å². The number of hydrogen-bond donors (Lipinski definition) is 0. The molecular formula is C8H3ClF3NO. The van der Waals surface area contributed by atoms with Gasteiger partial charge in [-0.15, -0.1) is 0 Å². The zero-order valence-corrected chi connectivity index (χ0v) is 7.36. The molecule has 2 nitrogen and oxygen atoms in total. The molecule has 0 heterocycles. The second-order valence-corrected chi connectivity index (χ2v) is 2.66. The standard InChI is InChI=1S/C8H3ClF3NO/c9-5-1-4(3-13)6(10)2-7(5)14-8(11)12/h1-2,8H. The molecule has 1 aromatic carbocycles. The van der Waals surface area contributed by atoms with Crippen molar-refractivity contribution >= 4 is 11.6 Å². The molecule has 74 valence electrons. The molecule has 6 heteroatoms. The number of nitriles is 1. The van der Waals surface area contributed by atoms with Crippen LogP contribution in [0.3, 0.4) is 0 Å². The minimum atomic E-state index is -3.08. The third-order valence-corrected chi connectivity index (χ3v) is 1.65. The molecule has 0 aromatic heterocycles. The van der Waals surface area contributed by atoms with Crippen molar-refractivity contribution in [3.63, 3.8) is 0 Å². The second kappa shape index (κ2) is 4.20. The van der Waals surface area contributed by atoms with Crippen LogP contribution in [-0.4, -0.2) is 6.61 Å². The van der Waals surface area contributed by atoms with Gasteiger partial charge >= 0.3 is 6.61 Å². The average Bonchev–Trinajstić information content (AvgIpc) is 2.10. The van der Waals surface area contributed by atoms with Crippen molar-refractivity contribution < 1.29 is 17.9 Å². The molecule has 0 radical (unpaired) electrons. The Morgan fingerprint density at radius 1 is 1.43 bits per heavy atom. The van der Waals surface area contributed by atoms with Crippen LogP contribution in [0.4, 0.5) is 13.2 Å². The lowest BCUT2D eigenvalue weighted by Gasteiger charge is -2.06. The first-order valence-corrected chi connectivity index (χ1v) is 3.76. The second-order valence-electron chi connectivity index (χ2n) is 2.25. The first-order valence-electron chi connectivity index (χ1n) is 3.38. The normalized spacial score (nSPS) is 10.0. The minimum Gasteiger partial charge on any atom is -0.433 e. The van der Waals surface area contributed by atoms with E-state index in [1.165, 1.54) is 6.07 Å². The highest BCUT2D eigenvalue weighted by atomic mass is 35.5. The Morgan fingerprint density at radius 3 is 2.57 bits per heavy atom. The zero-order chi connectivity index (χ0) is 10.7. The largest absolute Gasteiger partial charge is 0.433 e. The van der Waals surface area contributed by atoms with Crippen LogP contribution in [0.1, 0.15) is 5.56 Å². The lowest BCUT2D eigenvalue weighted by molar-refractivity contribution is -0.0499. The molecule has 0 N–H and O–H groups in total. The van der Waals surface area contributed by atoms with Gasteiger partial charge in [0.1, 0.15) is 17.6 Å². The molecule has 0 aliphatic rings. The first-order chi connectivity index (χ1) is 6.54. The predicted octanol–water partition coefficient (Wildman–Crippen LogP) is 2.95. The van der Waals surface area contributed by atoms with Gasteiger partial charge < -0.3 is 4.74 Å². The minimum absolute atomic E-state index is 0.233. The fourth-order valence-electron chi connectivity index (χ4n) is 0.801. The number of alkyl halides is 2. The maximum absolute atomic E-state index is 12.9. The van der Waals surface area contributed by atoms with E-state index in [4.69, 9.17) is 16.9 Å². The van der Waals surface area contributed by atoms with Gasteiger partial charge in [-0.25, -0.2) is 4.39 Å². The Morgan fingerprint density at radius 2 is 2.07 bits per heavy atom. The van der Waals surface area contributed by atoms with E-state index in [0.29, 0.717) is 6.07 Å². The van der Waals surface area contributed by atoms with Gasteiger partial charge in [-0.1, -0.05) is 11.6 Å². The third-order valence-electron chi connectivity index (χ3n) is 1.36. The molecule has 0 bridgehead atoms. The summed E-state index contributed by atoms with van der Waals surface area (Å²) < 4.78 is 40.3. The predicted molar refractivity (Wildman–Crippen MR) is 42.8 cm³/mol. The summed E-state index contributed by atoms with van der Waals surface area (Å²) in [6, 6.07) is 3.09. The topological polar surface area (TPSA) is 33.0 Å². The Hall–Kier alpha value is -1.41. The summed E-state index contributed by atoms with van der Waals surface area (Å²) in [7, 11) is 0. The number of halogens is 4. The van der Waals surface area contributed by atoms with Crippen LogP contribution >= 0.6 is 11.6 Å². The maximum Gasteiger partial charge on any atom is 0.387 e. The molecule has 0 atom stereocenters. The molecular weight excluding hydrogens is 219 g/mol. The van der Waals surface area contributed by atoms with E-state index in [2.05, 4.69) is 4.74 Å². The number of ether oxygens (including phenoxy) is 1. The van der Waals surface area contributed by atoms with E-state index in [1.54, 1.807) is 0 Å². The quantitative estimate of drug-likeness (QED) is 0.769. The lowest BCUT2D eigenvalue weighted by Crippen LogP contribution is -2.03. The SMILES string of the molecule is N#Cc1cc(Cl)c(OC(F)F)cc1F. The van der Waals surface area contributed by atoms with E-state index >= 15 is 0 Å². The van der Waals surface area contributed by atoms with Crippen molar-refractivity contribution in [1.29, 1.82) is 5.26 Å². The summed E-state index contributed by atoms with van der Waals surface area (Å²) in [4.78, 5) is 0. The van der Waals surface area contributed by atoms with Crippen LogP contribution in [0.15, 0.2) is 12.1 Å². The molecule has 0 aliphatic heterocycles. The lowest BCUT2D eigenvalue weighted by atomic mass is 10.2. The van der Waals surface area contributed by atoms with Crippen LogP contribution in [0, 0.1) is 17.1 Å². The first kappa shape index (κ1) is 10.7. The molecule has 0 saturated heterocycles.